The second-order valence-electron chi connectivity index (χ2n) is 4.34. The van der Waals surface area contributed by atoms with Gasteiger partial charge in [-0.1, -0.05) is 12.1 Å². The van der Waals surface area contributed by atoms with Gasteiger partial charge in [-0.05, 0) is 36.5 Å². The lowest BCUT2D eigenvalue weighted by Gasteiger charge is -2.18. The second kappa shape index (κ2) is 2.99. The molecule has 0 aromatic heterocycles. The van der Waals surface area contributed by atoms with E-state index >= 15 is 0 Å². The number of hydrogen-bond donors (Lipinski definition) is 1. The molecule has 0 saturated heterocycles. The average molecular weight is 188 g/mol. The minimum absolute atomic E-state index is 0.663. The van der Waals surface area contributed by atoms with Crippen LogP contribution in [0.2, 0.25) is 0 Å². The Morgan fingerprint density at radius 1 is 1.36 bits per heavy atom. The third-order valence-electron chi connectivity index (χ3n) is 3.30. The molecule has 0 amide bonds. The molecule has 0 bridgehead atoms. The van der Waals surface area contributed by atoms with Crippen molar-refractivity contribution in [2.24, 2.45) is 5.73 Å². The van der Waals surface area contributed by atoms with Crippen LogP contribution in [-0.2, 0) is 13.0 Å². The Bertz CT molecular complexity index is 355. The van der Waals surface area contributed by atoms with Crippen LogP contribution in [-0.4, -0.2) is 12.6 Å². The van der Waals surface area contributed by atoms with Gasteiger partial charge in [0, 0.05) is 24.8 Å². The number of benzene rings is 1. The molecule has 2 heteroatoms. The van der Waals surface area contributed by atoms with Crippen LogP contribution in [0.5, 0.6) is 0 Å². The van der Waals surface area contributed by atoms with Crippen molar-refractivity contribution in [3.05, 3.63) is 29.3 Å². The molecular formula is C12H16N2. The Balaban J connectivity index is 1.95. The van der Waals surface area contributed by atoms with Crippen LogP contribution in [0.3, 0.4) is 0 Å². The lowest BCUT2D eigenvalue weighted by atomic mass is 10.1. The van der Waals surface area contributed by atoms with Crippen molar-refractivity contribution in [2.75, 3.05) is 11.4 Å². The first-order valence-electron chi connectivity index (χ1n) is 5.47. The van der Waals surface area contributed by atoms with Crippen LogP contribution in [0, 0.1) is 0 Å². The highest BCUT2D eigenvalue weighted by atomic mass is 15.2. The van der Waals surface area contributed by atoms with E-state index in [4.69, 9.17) is 5.73 Å². The van der Waals surface area contributed by atoms with E-state index in [9.17, 15) is 0 Å². The monoisotopic (exact) mass is 188 g/mol. The summed E-state index contributed by atoms with van der Waals surface area (Å²) in [6, 6.07) is 7.54. The molecule has 1 aromatic rings. The third kappa shape index (κ3) is 1.22. The molecule has 2 N–H and O–H groups in total. The quantitative estimate of drug-likeness (QED) is 0.765. The first-order chi connectivity index (χ1) is 6.88. The smallest absolute Gasteiger partial charge is 0.0402 e. The highest BCUT2D eigenvalue weighted by molar-refractivity contribution is 5.60. The van der Waals surface area contributed by atoms with Gasteiger partial charge >= 0.3 is 0 Å². The summed E-state index contributed by atoms with van der Waals surface area (Å²) < 4.78 is 0. The Labute approximate surface area is 84.7 Å². The van der Waals surface area contributed by atoms with E-state index < -0.39 is 0 Å². The van der Waals surface area contributed by atoms with Crippen molar-refractivity contribution in [3.63, 3.8) is 0 Å². The van der Waals surface area contributed by atoms with E-state index in [1.807, 2.05) is 0 Å². The molecule has 1 aromatic carbocycles. The number of nitrogens with zero attached hydrogens (tertiary/aromatic N) is 1. The zero-order chi connectivity index (χ0) is 9.54. The number of rotatable bonds is 2. The summed E-state index contributed by atoms with van der Waals surface area (Å²) in [6.45, 7) is 1.88. The van der Waals surface area contributed by atoms with Gasteiger partial charge in [-0.2, -0.15) is 0 Å². The van der Waals surface area contributed by atoms with Crippen molar-refractivity contribution in [3.8, 4) is 0 Å². The first kappa shape index (κ1) is 8.30. The van der Waals surface area contributed by atoms with Gasteiger partial charge in [0.1, 0.15) is 0 Å². The Hall–Kier alpha value is -1.02. The molecule has 3 rings (SSSR count). The van der Waals surface area contributed by atoms with Crippen molar-refractivity contribution in [2.45, 2.75) is 31.8 Å². The van der Waals surface area contributed by atoms with Gasteiger partial charge < -0.3 is 10.6 Å². The summed E-state index contributed by atoms with van der Waals surface area (Å²) in [5.41, 5.74) is 9.86. The van der Waals surface area contributed by atoms with Gasteiger partial charge in [0.05, 0.1) is 0 Å². The number of fused-ring (bicyclic) bond motifs is 1. The fourth-order valence-corrected chi connectivity index (χ4v) is 2.37. The van der Waals surface area contributed by atoms with Gasteiger partial charge in [-0.25, -0.2) is 0 Å². The molecule has 0 radical (unpaired) electrons. The Kier molecular flexibility index (Phi) is 1.77. The lowest BCUT2D eigenvalue weighted by Crippen LogP contribution is -2.22. The molecule has 0 atom stereocenters. The van der Waals surface area contributed by atoms with E-state index in [0.717, 1.165) is 6.04 Å². The molecule has 1 saturated carbocycles. The van der Waals surface area contributed by atoms with Crippen molar-refractivity contribution < 1.29 is 0 Å². The van der Waals surface area contributed by atoms with Gasteiger partial charge in [-0.3, -0.25) is 0 Å². The maximum absolute atomic E-state index is 5.64. The topological polar surface area (TPSA) is 29.3 Å². The highest BCUT2D eigenvalue weighted by Gasteiger charge is 2.32. The van der Waals surface area contributed by atoms with Crippen LogP contribution >= 0.6 is 0 Å². The van der Waals surface area contributed by atoms with E-state index in [1.165, 1.54) is 42.6 Å². The maximum Gasteiger partial charge on any atom is 0.0402 e. The van der Waals surface area contributed by atoms with E-state index in [2.05, 4.69) is 23.1 Å². The molecule has 2 aliphatic rings. The fourth-order valence-electron chi connectivity index (χ4n) is 2.37. The molecule has 0 unspecified atom stereocenters. The molecule has 74 valence electrons. The first-order valence-corrected chi connectivity index (χ1v) is 5.47. The Morgan fingerprint density at radius 2 is 2.21 bits per heavy atom. The molecule has 0 spiro atoms. The highest BCUT2D eigenvalue weighted by Crippen LogP contribution is 2.37. The van der Waals surface area contributed by atoms with Crippen LogP contribution in [0.1, 0.15) is 24.0 Å². The van der Waals surface area contributed by atoms with Gasteiger partial charge in [-0.15, -0.1) is 0 Å². The summed E-state index contributed by atoms with van der Waals surface area (Å²) in [7, 11) is 0. The van der Waals surface area contributed by atoms with Gasteiger partial charge in [0.2, 0.25) is 0 Å². The summed E-state index contributed by atoms with van der Waals surface area (Å²) >= 11 is 0. The zero-order valence-electron chi connectivity index (χ0n) is 8.37. The SMILES string of the molecule is NCc1ccc2c(c1)CCN2C1CC1. The van der Waals surface area contributed by atoms with E-state index in [-0.39, 0.29) is 0 Å². The normalized spacial score (nSPS) is 19.9. The fraction of sp³-hybridized carbons (Fsp3) is 0.500. The molecule has 1 heterocycles. The summed E-state index contributed by atoms with van der Waals surface area (Å²) in [6.07, 6.45) is 3.98. The third-order valence-corrected chi connectivity index (χ3v) is 3.30. The minimum Gasteiger partial charge on any atom is -0.368 e. The largest absolute Gasteiger partial charge is 0.368 e. The minimum atomic E-state index is 0.663. The second-order valence-corrected chi connectivity index (χ2v) is 4.34. The summed E-state index contributed by atoms with van der Waals surface area (Å²) in [5, 5.41) is 0. The van der Waals surface area contributed by atoms with E-state index in [0.29, 0.717) is 6.54 Å². The van der Waals surface area contributed by atoms with Crippen molar-refractivity contribution in [1.82, 2.24) is 0 Å². The molecule has 1 aliphatic heterocycles. The molecule has 1 fully saturated rings. The van der Waals surface area contributed by atoms with Crippen molar-refractivity contribution in [1.29, 1.82) is 0 Å². The standard InChI is InChI=1S/C12H16N2/c13-8-9-1-4-12-10(7-9)5-6-14(12)11-2-3-11/h1,4,7,11H,2-3,5-6,8,13H2. The van der Waals surface area contributed by atoms with Crippen LogP contribution in [0.4, 0.5) is 5.69 Å². The maximum atomic E-state index is 5.64. The van der Waals surface area contributed by atoms with Crippen LogP contribution in [0.15, 0.2) is 18.2 Å². The number of nitrogens with two attached hydrogens (primary N) is 1. The number of hydrogen-bond acceptors (Lipinski definition) is 2. The lowest BCUT2D eigenvalue weighted by molar-refractivity contribution is 0.831. The molecule has 2 nitrogen and oxygen atoms in total. The zero-order valence-corrected chi connectivity index (χ0v) is 8.37. The van der Waals surface area contributed by atoms with Gasteiger partial charge in [0.25, 0.3) is 0 Å². The summed E-state index contributed by atoms with van der Waals surface area (Å²) in [5.74, 6) is 0. The number of anilines is 1. The van der Waals surface area contributed by atoms with Gasteiger partial charge in [0.15, 0.2) is 0 Å². The molecular weight excluding hydrogens is 172 g/mol. The van der Waals surface area contributed by atoms with Crippen LogP contribution in [0.25, 0.3) is 0 Å². The Morgan fingerprint density at radius 3 is 2.93 bits per heavy atom. The molecule has 1 aliphatic carbocycles. The summed E-state index contributed by atoms with van der Waals surface area (Å²) in [4.78, 5) is 2.57. The predicted octanol–water partition coefficient (Wildman–Crippen LogP) is 1.67. The van der Waals surface area contributed by atoms with Crippen LogP contribution < -0.4 is 10.6 Å². The molecule has 14 heavy (non-hydrogen) atoms. The predicted molar refractivity (Wildman–Crippen MR) is 58.4 cm³/mol. The van der Waals surface area contributed by atoms with E-state index in [1.54, 1.807) is 0 Å². The average Bonchev–Trinajstić information content (AvgIpc) is 2.98. The van der Waals surface area contributed by atoms with Crippen molar-refractivity contribution >= 4 is 5.69 Å².